The van der Waals surface area contributed by atoms with Crippen molar-refractivity contribution in [2.24, 2.45) is 11.8 Å². The van der Waals surface area contributed by atoms with Gasteiger partial charge in [0, 0.05) is 29.5 Å². The van der Waals surface area contributed by atoms with Crippen LogP contribution in [-0.2, 0) is 9.59 Å². The van der Waals surface area contributed by atoms with Gasteiger partial charge in [-0.15, -0.1) is 0 Å². The van der Waals surface area contributed by atoms with Gasteiger partial charge in [-0.05, 0) is 50.8 Å². The minimum atomic E-state index is -0.174. The number of carbonyl (C=O) groups is 2. The fraction of sp³-hybridized carbons (Fsp3) is 0.450. The van der Waals surface area contributed by atoms with Gasteiger partial charge in [-0.1, -0.05) is 22.0 Å². The van der Waals surface area contributed by atoms with Gasteiger partial charge in [0.05, 0.1) is 17.3 Å². The molecule has 1 saturated heterocycles. The zero-order chi connectivity index (χ0) is 19.0. The first-order valence-electron chi connectivity index (χ1n) is 9.43. The van der Waals surface area contributed by atoms with E-state index in [9.17, 15) is 9.59 Å². The van der Waals surface area contributed by atoms with Crippen LogP contribution >= 0.6 is 15.9 Å². The second-order valence-electron chi connectivity index (χ2n) is 7.45. The lowest BCUT2D eigenvalue weighted by Crippen LogP contribution is -2.44. The van der Waals surface area contributed by atoms with E-state index in [0.29, 0.717) is 12.4 Å². The topological polar surface area (TPSA) is 67.2 Å². The molecule has 1 atom stereocenters. The Morgan fingerprint density at radius 3 is 2.74 bits per heavy atom. The van der Waals surface area contributed by atoms with Gasteiger partial charge in [0.1, 0.15) is 5.82 Å². The molecule has 1 aromatic heterocycles. The third-order valence-corrected chi connectivity index (χ3v) is 5.66. The lowest BCUT2D eigenvalue weighted by Gasteiger charge is -2.32. The van der Waals surface area contributed by atoms with Crippen molar-refractivity contribution in [2.75, 3.05) is 18.4 Å². The second kappa shape index (κ2) is 7.46. The van der Waals surface area contributed by atoms with Gasteiger partial charge in [-0.25, -0.2) is 4.68 Å². The van der Waals surface area contributed by atoms with E-state index in [1.165, 1.54) is 0 Å². The summed E-state index contributed by atoms with van der Waals surface area (Å²) in [5, 5.41) is 7.54. The fourth-order valence-electron chi connectivity index (χ4n) is 3.60. The number of aryl methyl sites for hydroxylation is 1. The molecule has 1 N–H and O–H groups in total. The molecule has 1 aromatic carbocycles. The Morgan fingerprint density at radius 1 is 1.19 bits per heavy atom. The van der Waals surface area contributed by atoms with Crippen molar-refractivity contribution in [2.45, 2.75) is 32.6 Å². The molecule has 27 heavy (non-hydrogen) atoms. The van der Waals surface area contributed by atoms with Gasteiger partial charge in [0.25, 0.3) is 0 Å². The molecule has 142 valence electrons. The SMILES string of the molecule is Cc1cc(NC(=O)C2CCCN(C(=O)C3CC3)C2)n(-c2cccc(Br)c2)n1. The van der Waals surface area contributed by atoms with E-state index < -0.39 is 0 Å². The summed E-state index contributed by atoms with van der Waals surface area (Å²) in [7, 11) is 0. The van der Waals surface area contributed by atoms with Gasteiger partial charge in [-0.2, -0.15) is 5.10 Å². The molecule has 7 heteroatoms. The van der Waals surface area contributed by atoms with Gasteiger partial charge in [-0.3, -0.25) is 9.59 Å². The largest absolute Gasteiger partial charge is 0.342 e. The summed E-state index contributed by atoms with van der Waals surface area (Å²) < 4.78 is 2.69. The average Bonchev–Trinajstić information content (AvgIpc) is 3.44. The number of nitrogens with zero attached hydrogens (tertiary/aromatic N) is 3. The van der Waals surface area contributed by atoms with Crippen molar-refractivity contribution in [3.63, 3.8) is 0 Å². The number of benzene rings is 1. The Bertz CT molecular complexity index is 875. The van der Waals surface area contributed by atoms with Crippen LogP contribution in [0, 0.1) is 18.8 Å². The van der Waals surface area contributed by atoms with Crippen molar-refractivity contribution in [1.82, 2.24) is 14.7 Å². The minimum Gasteiger partial charge on any atom is -0.342 e. The highest BCUT2D eigenvalue weighted by molar-refractivity contribution is 9.10. The highest BCUT2D eigenvalue weighted by atomic mass is 79.9. The Labute approximate surface area is 167 Å². The van der Waals surface area contributed by atoms with Crippen LogP contribution in [0.4, 0.5) is 5.82 Å². The van der Waals surface area contributed by atoms with Gasteiger partial charge >= 0.3 is 0 Å². The van der Waals surface area contributed by atoms with Crippen LogP contribution in [0.15, 0.2) is 34.8 Å². The molecule has 0 radical (unpaired) electrons. The number of likely N-dealkylation sites (tertiary alicyclic amines) is 1. The molecule has 4 rings (SSSR count). The number of piperidine rings is 1. The molecule has 2 aromatic rings. The second-order valence-corrected chi connectivity index (χ2v) is 8.37. The van der Waals surface area contributed by atoms with Crippen LogP contribution in [0.25, 0.3) is 5.69 Å². The maximum Gasteiger partial charge on any atom is 0.230 e. The summed E-state index contributed by atoms with van der Waals surface area (Å²) in [5.41, 5.74) is 1.71. The molecule has 2 aliphatic rings. The lowest BCUT2D eigenvalue weighted by atomic mass is 9.96. The number of rotatable bonds is 4. The molecule has 6 nitrogen and oxygen atoms in total. The summed E-state index contributed by atoms with van der Waals surface area (Å²) in [6.07, 6.45) is 3.68. The molecule has 0 spiro atoms. The van der Waals surface area contributed by atoms with Gasteiger partial charge in [0.2, 0.25) is 11.8 Å². The van der Waals surface area contributed by atoms with Crippen LogP contribution in [0.5, 0.6) is 0 Å². The molecule has 1 unspecified atom stereocenters. The Kier molecular flexibility index (Phi) is 5.04. The van der Waals surface area contributed by atoms with E-state index in [2.05, 4.69) is 26.3 Å². The quantitative estimate of drug-likeness (QED) is 0.806. The van der Waals surface area contributed by atoms with E-state index in [1.807, 2.05) is 42.2 Å². The average molecular weight is 431 g/mol. The Balaban J connectivity index is 1.49. The first kappa shape index (κ1) is 18.2. The summed E-state index contributed by atoms with van der Waals surface area (Å²) in [6.45, 7) is 3.19. The van der Waals surface area contributed by atoms with Crippen molar-refractivity contribution >= 4 is 33.6 Å². The normalized spacial score (nSPS) is 19.8. The van der Waals surface area contributed by atoms with Crippen LogP contribution in [0.2, 0.25) is 0 Å². The van der Waals surface area contributed by atoms with E-state index in [-0.39, 0.29) is 23.7 Å². The van der Waals surface area contributed by atoms with Crippen LogP contribution < -0.4 is 5.32 Å². The molecular weight excluding hydrogens is 408 g/mol. The predicted octanol–water partition coefficient (Wildman–Crippen LogP) is 3.53. The monoisotopic (exact) mass is 430 g/mol. The fourth-order valence-corrected chi connectivity index (χ4v) is 3.99. The summed E-state index contributed by atoms with van der Waals surface area (Å²) >= 11 is 3.48. The van der Waals surface area contributed by atoms with Gasteiger partial charge < -0.3 is 10.2 Å². The zero-order valence-electron chi connectivity index (χ0n) is 15.3. The number of hydrogen-bond donors (Lipinski definition) is 1. The first-order valence-corrected chi connectivity index (χ1v) is 10.2. The maximum absolute atomic E-state index is 12.9. The van der Waals surface area contributed by atoms with E-state index >= 15 is 0 Å². The lowest BCUT2D eigenvalue weighted by molar-refractivity contribution is -0.135. The van der Waals surface area contributed by atoms with E-state index in [4.69, 9.17) is 0 Å². The van der Waals surface area contributed by atoms with E-state index in [0.717, 1.165) is 48.1 Å². The summed E-state index contributed by atoms with van der Waals surface area (Å²) in [6, 6.07) is 9.66. The summed E-state index contributed by atoms with van der Waals surface area (Å²) in [4.78, 5) is 27.1. The molecule has 0 bridgehead atoms. The predicted molar refractivity (Wildman–Crippen MR) is 107 cm³/mol. The number of nitrogens with one attached hydrogen (secondary N) is 1. The molecule has 2 amide bonds. The standard InChI is InChI=1S/C20H23BrN4O2/c1-13-10-18(25(23-13)17-6-2-5-16(21)11-17)22-19(26)15-4-3-9-24(12-15)20(27)14-7-8-14/h2,5-6,10-11,14-15H,3-4,7-9,12H2,1H3,(H,22,26). The number of halogens is 1. The molecule has 2 fully saturated rings. The van der Waals surface area contributed by atoms with Crippen molar-refractivity contribution in [1.29, 1.82) is 0 Å². The molecular formula is C20H23BrN4O2. The summed E-state index contributed by atoms with van der Waals surface area (Å²) in [5.74, 6) is 0.864. The highest BCUT2D eigenvalue weighted by Crippen LogP contribution is 2.32. The van der Waals surface area contributed by atoms with Crippen molar-refractivity contribution in [3.05, 3.63) is 40.5 Å². The maximum atomic E-state index is 12.9. The van der Waals surface area contributed by atoms with E-state index in [1.54, 1.807) is 4.68 Å². The van der Waals surface area contributed by atoms with Crippen molar-refractivity contribution < 1.29 is 9.59 Å². The number of aromatic nitrogens is 2. The third-order valence-electron chi connectivity index (χ3n) is 5.17. The smallest absolute Gasteiger partial charge is 0.230 e. The van der Waals surface area contributed by atoms with Crippen LogP contribution in [0.3, 0.4) is 0 Å². The Morgan fingerprint density at radius 2 is 2.00 bits per heavy atom. The number of carbonyl (C=O) groups excluding carboxylic acids is 2. The number of anilines is 1. The zero-order valence-corrected chi connectivity index (χ0v) is 16.9. The van der Waals surface area contributed by atoms with Crippen LogP contribution in [-0.4, -0.2) is 39.6 Å². The van der Waals surface area contributed by atoms with Crippen molar-refractivity contribution in [3.8, 4) is 5.69 Å². The molecule has 1 saturated carbocycles. The first-order chi connectivity index (χ1) is 13.0. The minimum absolute atomic E-state index is 0.0422. The molecule has 2 heterocycles. The number of amides is 2. The third kappa shape index (κ3) is 4.08. The molecule has 1 aliphatic heterocycles. The highest BCUT2D eigenvalue weighted by Gasteiger charge is 2.36. The van der Waals surface area contributed by atoms with Gasteiger partial charge in [0.15, 0.2) is 0 Å². The Hall–Kier alpha value is -2.15. The van der Waals surface area contributed by atoms with Crippen LogP contribution in [0.1, 0.15) is 31.4 Å². The molecule has 1 aliphatic carbocycles. The number of hydrogen-bond acceptors (Lipinski definition) is 3.